The summed E-state index contributed by atoms with van der Waals surface area (Å²) in [6, 6.07) is 28.9. The maximum atomic E-state index is 14.1. The van der Waals surface area contributed by atoms with Gasteiger partial charge in [-0.2, -0.15) is 0 Å². The molecule has 0 bridgehead atoms. The first-order valence-corrected chi connectivity index (χ1v) is 15.5. The molecular weight excluding hydrogens is 607 g/mol. The van der Waals surface area contributed by atoms with E-state index in [4.69, 9.17) is 44.5 Å². The molecule has 0 saturated carbocycles. The number of allylic oxidation sites excluding steroid dienone is 1. The molecule has 0 radical (unpaired) electrons. The largest absolute Gasteiger partial charge is 0.488 e. The van der Waals surface area contributed by atoms with E-state index in [1.165, 1.54) is 16.9 Å². The lowest BCUT2D eigenvalue weighted by molar-refractivity contribution is 0.305. The van der Waals surface area contributed by atoms with Crippen LogP contribution in [0.5, 0.6) is 5.75 Å². The second-order valence-corrected chi connectivity index (χ2v) is 12.5. The minimum atomic E-state index is -0.262. The molecule has 4 aromatic carbocycles. The van der Waals surface area contributed by atoms with Crippen LogP contribution >= 0.6 is 46.1 Å². The summed E-state index contributed by atoms with van der Waals surface area (Å²) >= 11 is 20.1. The van der Waals surface area contributed by atoms with Crippen LogP contribution in [0.4, 0.5) is 0 Å². The van der Waals surface area contributed by atoms with Gasteiger partial charge in [-0.05, 0) is 65.9 Å². The zero-order valence-electron chi connectivity index (χ0n) is 22.2. The lowest BCUT2D eigenvalue weighted by Gasteiger charge is -2.30. The van der Waals surface area contributed by atoms with E-state index >= 15 is 0 Å². The van der Waals surface area contributed by atoms with Crippen molar-refractivity contribution in [2.45, 2.75) is 25.5 Å². The Morgan fingerprint density at radius 3 is 2.50 bits per heavy atom. The van der Waals surface area contributed by atoms with Gasteiger partial charge < -0.3 is 4.74 Å². The highest BCUT2D eigenvalue weighted by Crippen LogP contribution is 2.41. The molecule has 0 fully saturated rings. The third kappa shape index (κ3) is 5.01. The number of ether oxygens (including phenoxy) is 1. The Bertz CT molecular complexity index is 2060. The van der Waals surface area contributed by atoms with Crippen LogP contribution < -0.4 is 19.6 Å². The lowest BCUT2D eigenvalue weighted by Crippen LogP contribution is -2.38. The summed E-state index contributed by atoms with van der Waals surface area (Å²) < 4.78 is 8.59. The minimum absolute atomic E-state index is 0.0837. The second-order valence-electron chi connectivity index (χ2n) is 10.2. The fraction of sp³-hybridized carbons (Fsp3) is 0.118. The molecule has 0 amide bonds. The predicted octanol–water partition coefficient (Wildman–Crippen LogP) is 7.86. The van der Waals surface area contributed by atoms with E-state index < -0.39 is 0 Å². The quantitative estimate of drug-likeness (QED) is 0.199. The number of benzene rings is 4. The molecule has 1 aliphatic carbocycles. The fourth-order valence-corrected chi connectivity index (χ4v) is 7.22. The van der Waals surface area contributed by atoms with E-state index in [0.29, 0.717) is 30.2 Å². The summed E-state index contributed by atoms with van der Waals surface area (Å²) in [5.41, 5.74) is 7.08. The Balaban J connectivity index is 1.34. The van der Waals surface area contributed by atoms with Crippen LogP contribution in [-0.4, -0.2) is 4.57 Å². The van der Waals surface area contributed by atoms with Gasteiger partial charge in [0, 0.05) is 31.8 Å². The summed E-state index contributed by atoms with van der Waals surface area (Å²) in [6.07, 6.45) is 3.62. The monoisotopic (exact) mass is 628 g/mol. The summed E-state index contributed by atoms with van der Waals surface area (Å²) in [6.45, 7) is 0.269. The van der Waals surface area contributed by atoms with Gasteiger partial charge in [0.2, 0.25) is 0 Å². The molecule has 2 aliphatic rings. The van der Waals surface area contributed by atoms with E-state index in [2.05, 4.69) is 18.2 Å². The summed E-state index contributed by atoms with van der Waals surface area (Å²) in [5, 5.41) is 1.77. The first-order valence-electron chi connectivity index (χ1n) is 13.5. The summed E-state index contributed by atoms with van der Waals surface area (Å²) in [7, 11) is 0. The van der Waals surface area contributed by atoms with Gasteiger partial charge in [-0.1, -0.05) is 107 Å². The molecule has 1 atom stereocenters. The summed E-state index contributed by atoms with van der Waals surface area (Å²) in [4.78, 5) is 19.9. The van der Waals surface area contributed by atoms with Gasteiger partial charge in [0.1, 0.15) is 12.4 Å². The van der Waals surface area contributed by atoms with Crippen LogP contribution in [0.25, 0.3) is 11.8 Å². The molecule has 0 spiro atoms. The Morgan fingerprint density at radius 2 is 1.67 bits per heavy atom. The van der Waals surface area contributed by atoms with Gasteiger partial charge in [-0.15, -0.1) is 0 Å². The Labute approximate surface area is 261 Å². The molecular formula is C34H23Cl3N2O2S. The molecule has 8 heteroatoms. The van der Waals surface area contributed by atoms with Crippen molar-refractivity contribution in [2.75, 3.05) is 0 Å². The van der Waals surface area contributed by atoms with Gasteiger partial charge in [0.15, 0.2) is 4.80 Å². The predicted molar refractivity (Wildman–Crippen MR) is 171 cm³/mol. The maximum Gasteiger partial charge on any atom is 0.271 e. The molecule has 208 valence electrons. The zero-order chi connectivity index (χ0) is 28.8. The number of halogens is 3. The third-order valence-electron chi connectivity index (χ3n) is 7.66. The first-order chi connectivity index (χ1) is 20.5. The van der Waals surface area contributed by atoms with Crippen molar-refractivity contribution in [3.8, 4) is 5.75 Å². The van der Waals surface area contributed by atoms with Crippen molar-refractivity contribution in [2.24, 2.45) is 4.99 Å². The normalized spacial score (nSPS) is 16.0. The highest BCUT2D eigenvalue weighted by molar-refractivity contribution is 7.07. The van der Waals surface area contributed by atoms with Crippen LogP contribution in [0.2, 0.25) is 15.1 Å². The standard InChI is InChI=1S/C34H23Cl3N2O2S/c35-24-13-9-21(10-14-24)32-27-16-12-20-5-1-3-7-26(20)31(27)38-34-39(32)33(40)30(42-34)17-22-6-2-4-8-29(22)41-19-23-11-15-25(36)18-28(23)37/h1-11,13-15,17-18,32H,12,16,19H2/b30-17-/t32-/m1/s1. The topological polar surface area (TPSA) is 43.6 Å². The average molecular weight is 630 g/mol. The molecule has 2 heterocycles. The Hall–Kier alpha value is -3.61. The van der Waals surface area contributed by atoms with E-state index in [-0.39, 0.29) is 18.2 Å². The SMILES string of the molecule is O=c1/c(=C/c2ccccc2OCc2ccc(Cl)cc2Cl)sc2n1[C@H](c1ccc(Cl)cc1)C1=C(N=2)c2ccccc2CC1. The van der Waals surface area contributed by atoms with E-state index in [1.54, 1.807) is 12.1 Å². The van der Waals surface area contributed by atoms with Crippen LogP contribution in [0.3, 0.4) is 0 Å². The van der Waals surface area contributed by atoms with E-state index in [1.807, 2.05) is 71.3 Å². The highest BCUT2D eigenvalue weighted by atomic mass is 35.5. The molecule has 5 aromatic rings. The number of thiazole rings is 1. The van der Waals surface area contributed by atoms with E-state index in [0.717, 1.165) is 46.4 Å². The van der Waals surface area contributed by atoms with Gasteiger partial charge in [0.25, 0.3) is 5.56 Å². The number of aryl methyl sites for hydroxylation is 1. The van der Waals surface area contributed by atoms with Gasteiger partial charge >= 0.3 is 0 Å². The van der Waals surface area contributed by atoms with Crippen LogP contribution in [0.1, 0.15) is 40.3 Å². The fourth-order valence-electron chi connectivity index (χ4n) is 5.63. The second kappa shape index (κ2) is 11.2. The number of para-hydroxylation sites is 1. The van der Waals surface area contributed by atoms with Crippen LogP contribution in [-0.2, 0) is 13.0 Å². The van der Waals surface area contributed by atoms with Crippen LogP contribution in [0.15, 0.2) is 106 Å². The van der Waals surface area contributed by atoms with E-state index in [9.17, 15) is 4.79 Å². The van der Waals surface area contributed by atoms with Crippen molar-refractivity contribution in [3.63, 3.8) is 0 Å². The summed E-state index contributed by atoms with van der Waals surface area (Å²) in [5.74, 6) is 0.650. The molecule has 4 nitrogen and oxygen atoms in total. The van der Waals surface area contributed by atoms with Crippen molar-refractivity contribution >= 4 is 57.9 Å². The molecule has 1 aliphatic heterocycles. The van der Waals surface area contributed by atoms with Crippen molar-refractivity contribution < 1.29 is 4.74 Å². The van der Waals surface area contributed by atoms with Crippen LogP contribution in [0, 0.1) is 0 Å². The number of aromatic nitrogens is 1. The smallest absolute Gasteiger partial charge is 0.271 e. The van der Waals surface area contributed by atoms with Gasteiger partial charge in [-0.3, -0.25) is 9.36 Å². The molecule has 0 saturated heterocycles. The maximum absolute atomic E-state index is 14.1. The Morgan fingerprint density at radius 1 is 0.905 bits per heavy atom. The number of hydrogen-bond acceptors (Lipinski definition) is 4. The Kier molecular flexibility index (Phi) is 7.28. The van der Waals surface area contributed by atoms with Crippen molar-refractivity contribution in [3.05, 3.63) is 159 Å². The number of hydrogen-bond donors (Lipinski definition) is 0. The number of nitrogens with zero attached hydrogens (tertiary/aromatic N) is 2. The highest BCUT2D eigenvalue weighted by Gasteiger charge is 2.32. The average Bonchev–Trinajstić information content (AvgIpc) is 3.31. The molecule has 1 aromatic heterocycles. The first kappa shape index (κ1) is 27.2. The minimum Gasteiger partial charge on any atom is -0.488 e. The lowest BCUT2D eigenvalue weighted by atomic mass is 9.83. The van der Waals surface area contributed by atoms with Gasteiger partial charge in [-0.25, -0.2) is 4.99 Å². The molecule has 42 heavy (non-hydrogen) atoms. The third-order valence-corrected chi connectivity index (χ3v) is 9.48. The number of fused-ring (bicyclic) bond motifs is 3. The zero-order valence-corrected chi connectivity index (χ0v) is 25.3. The molecule has 0 unspecified atom stereocenters. The molecule has 7 rings (SSSR count). The number of rotatable bonds is 5. The van der Waals surface area contributed by atoms with Crippen molar-refractivity contribution in [1.82, 2.24) is 4.57 Å². The van der Waals surface area contributed by atoms with Crippen molar-refractivity contribution in [1.29, 1.82) is 0 Å². The molecule has 0 N–H and O–H groups in total. The van der Waals surface area contributed by atoms with Gasteiger partial charge in [0.05, 0.1) is 16.3 Å².